The van der Waals surface area contributed by atoms with Gasteiger partial charge >= 0.3 is 0 Å². The summed E-state index contributed by atoms with van der Waals surface area (Å²) < 4.78 is 5.26. The zero-order chi connectivity index (χ0) is 17.9. The van der Waals surface area contributed by atoms with E-state index in [9.17, 15) is 4.79 Å². The van der Waals surface area contributed by atoms with E-state index in [2.05, 4.69) is 17.1 Å². The van der Waals surface area contributed by atoms with E-state index in [1.807, 2.05) is 47.5 Å². The van der Waals surface area contributed by atoms with Crippen molar-refractivity contribution in [3.63, 3.8) is 0 Å². The molecule has 0 aliphatic carbocycles. The molecule has 0 radical (unpaired) electrons. The summed E-state index contributed by atoms with van der Waals surface area (Å²) in [5.74, 6) is 1.38. The molecule has 1 N–H and O–H groups in total. The van der Waals surface area contributed by atoms with Crippen LogP contribution in [0.3, 0.4) is 0 Å². The fourth-order valence-electron chi connectivity index (χ4n) is 3.84. The Kier molecular flexibility index (Phi) is 4.65. The summed E-state index contributed by atoms with van der Waals surface area (Å²) in [6.45, 7) is 1.60. The highest BCUT2D eigenvalue weighted by atomic mass is 16.5. The Morgan fingerprint density at radius 1 is 1.12 bits per heavy atom. The molecule has 0 saturated carbocycles. The molecule has 4 nitrogen and oxygen atoms in total. The molecule has 1 unspecified atom stereocenters. The van der Waals surface area contributed by atoms with Crippen molar-refractivity contribution in [2.24, 2.45) is 0 Å². The number of aromatic amines is 1. The van der Waals surface area contributed by atoms with Gasteiger partial charge in [0.25, 0.3) is 5.91 Å². The minimum absolute atomic E-state index is 0.133. The second kappa shape index (κ2) is 7.24. The van der Waals surface area contributed by atoms with E-state index in [4.69, 9.17) is 4.74 Å². The molecule has 4 rings (SSSR count). The van der Waals surface area contributed by atoms with Gasteiger partial charge in [-0.15, -0.1) is 0 Å². The first-order chi connectivity index (χ1) is 12.7. The molecular formula is C22H24N2O2. The molecule has 1 saturated heterocycles. The molecule has 2 heterocycles. The van der Waals surface area contributed by atoms with Crippen LogP contribution in [0.15, 0.2) is 54.7 Å². The van der Waals surface area contributed by atoms with Crippen LogP contribution in [0.2, 0.25) is 0 Å². The van der Waals surface area contributed by atoms with E-state index < -0.39 is 0 Å². The van der Waals surface area contributed by atoms with Gasteiger partial charge in [-0.3, -0.25) is 4.79 Å². The lowest BCUT2D eigenvalue weighted by Gasteiger charge is -2.25. The van der Waals surface area contributed by atoms with E-state index in [0.717, 1.165) is 54.6 Å². The number of rotatable bonds is 3. The number of benzene rings is 2. The van der Waals surface area contributed by atoms with Crippen molar-refractivity contribution in [1.29, 1.82) is 0 Å². The van der Waals surface area contributed by atoms with Crippen molar-refractivity contribution in [1.82, 2.24) is 9.88 Å². The molecule has 0 bridgehead atoms. The number of nitrogens with zero attached hydrogens (tertiary/aromatic N) is 1. The number of aromatic nitrogens is 1. The average molecular weight is 348 g/mol. The lowest BCUT2D eigenvalue weighted by Crippen LogP contribution is -2.34. The number of amides is 1. The lowest BCUT2D eigenvalue weighted by atomic mass is 9.94. The third-order valence-electron chi connectivity index (χ3n) is 5.35. The number of likely N-dealkylation sites (tertiary alicyclic amines) is 1. The molecule has 0 spiro atoms. The van der Waals surface area contributed by atoms with Crippen LogP contribution in [0, 0.1) is 0 Å². The molecule has 1 atom stereocenters. The van der Waals surface area contributed by atoms with Gasteiger partial charge in [-0.1, -0.05) is 18.6 Å². The zero-order valence-electron chi connectivity index (χ0n) is 15.1. The Hall–Kier alpha value is -2.75. The first-order valence-corrected chi connectivity index (χ1v) is 9.25. The first kappa shape index (κ1) is 16.7. The number of fused-ring (bicyclic) bond motifs is 1. The Bertz CT molecular complexity index is 898. The summed E-state index contributed by atoms with van der Waals surface area (Å²) in [6.07, 6.45) is 5.24. The van der Waals surface area contributed by atoms with Crippen molar-refractivity contribution in [2.45, 2.75) is 25.2 Å². The van der Waals surface area contributed by atoms with Crippen molar-refractivity contribution >= 4 is 16.8 Å². The minimum atomic E-state index is 0.133. The van der Waals surface area contributed by atoms with E-state index in [0.29, 0.717) is 5.92 Å². The van der Waals surface area contributed by atoms with Gasteiger partial charge in [0, 0.05) is 41.7 Å². The molecule has 1 fully saturated rings. The standard InChI is InChI=1S/C22H24N2O2/c1-26-20-8-5-16(6-9-20)19-4-2-3-13-24(15-19)22(25)18-7-10-21-17(14-18)11-12-23-21/h5-12,14,19,23H,2-4,13,15H2,1H3. The van der Waals surface area contributed by atoms with Gasteiger partial charge in [0.1, 0.15) is 5.75 Å². The highest BCUT2D eigenvalue weighted by molar-refractivity contribution is 5.98. The smallest absolute Gasteiger partial charge is 0.253 e. The number of methoxy groups -OCH3 is 1. The Morgan fingerprint density at radius 3 is 2.77 bits per heavy atom. The third kappa shape index (κ3) is 3.32. The van der Waals surface area contributed by atoms with Crippen LogP contribution in [0.25, 0.3) is 10.9 Å². The van der Waals surface area contributed by atoms with Crippen LogP contribution < -0.4 is 4.74 Å². The number of nitrogens with one attached hydrogen (secondary N) is 1. The van der Waals surface area contributed by atoms with Crippen LogP contribution in [0.1, 0.15) is 41.1 Å². The van der Waals surface area contributed by atoms with Crippen molar-refractivity contribution in [3.05, 3.63) is 65.9 Å². The molecule has 1 amide bonds. The second-order valence-corrected chi connectivity index (χ2v) is 7.00. The SMILES string of the molecule is COc1ccc(C2CCCCN(C(=O)c3ccc4[nH]ccc4c3)C2)cc1. The van der Waals surface area contributed by atoms with Gasteiger partial charge in [0.2, 0.25) is 0 Å². The van der Waals surface area contributed by atoms with Gasteiger partial charge in [-0.05, 0) is 54.8 Å². The summed E-state index contributed by atoms with van der Waals surface area (Å²) in [5, 5.41) is 1.08. The maximum absolute atomic E-state index is 13.1. The quantitative estimate of drug-likeness (QED) is 0.753. The highest BCUT2D eigenvalue weighted by Gasteiger charge is 2.24. The Balaban J connectivity index is 1.55. The maximum atomic E-state index is 13.1. The van der Waals surface area contributed by atoms with Gasteiger partial charge in [0.15, 0.2) is 0 Å². The second-order valence-electron chi connectivity index (χ2n) is 7.00. The van der Waals surface area contributed by atoms with Crippen molar-refractivity contribution in [2.75, 3.05) is 20.2 Å². The van der Waals surface area contributed by atoms with Crippen LogP contribution in [-0.2, 0) is 0 Å². The van der Waals surface area contributed by atoms with E-state index in [1.54, 1.807) is 7.11 Å². The summed E-state index contributed by atoms with van der Waals surface area (Å²) in [5.41, 5.74) is 3.12. The summed E-state index contributed by atoms with van der Waals surface area (Å²) in [6, 6.07) is 16.2. The monoisotopic (exact) mass is 348 g/mol. The Labute approximate surface area is 153 Å². The average Bonchev–Trinajstić information content (AvgIpc) is 3.02. The third-order valence-corrected chi connectivity index (χ3v) is 5.35. The highest BCUT2D eigenvalue weighted by Crippen LogP contribution is 2.29. The van der Waals surface area contributed by atoms with Gasteiger partial charge in [0.05, 0.1) is 7.11 Å². The van der Waals surface area contributed by atoms with E-state index in [-0.39, 0.29) is 5.91 Å². The maximum Gasteiger partial charge on any atom is 0.253 e. The van der Waals surface area contributed by atoms with E-state index in [1.165, 1.54) is 5.56 Å². The number of hydrogen-bond donors (Lipinski definition) is 1. The zero-order valence-corrected chi connectivity index (χ0v) is 15.1. The fraction of sp³-hybridized carbons (Fsp3) is 0.318. The largest absolute Gasteiger partial charge is 0.497 e. The minimum Gasteiger partial charge on any atom is -0.497 e. The van der Waals surface area contributed by atoms with Crippen molar-refractivity contribution in [3.8, 4) is 5.75 Å². The molecule has 134 valence electrons. The van der Waals surface area contributed by atoms with Crippen LogP contribution in [0.4, 0.5) is 0 Å². The molecule has 4 heteroatoms. The van der Waals surface area contributed by atoms with E-state index >= 15 is 0 Å². The predicted molar refractivity (Wildman–Crippen MR) is 104 cm³/mol. The summed E-state index contributed by atoms with van der Waals surface area (Å²) in [7, 11) is 1.68. The number of carbonyl (C=O) groups excluding carboxylic acids is 1. The van der Waals surface area contributed by atoms with Gasteiger partial charge in [-0.25, -0.2) is 0 Å². The fourth-order valence-corrected chi connectivity index (χ4v) is 3.84. The van der Waals surface area contributed by atoms with Gasteiger partial charge < -0.3 is 14.6 Å². The predicted octanol–water partition coefficient (Wildman–Crippen LogP) is 4.59. The molecule has 1 aromatic heterocycles. The molecule has 1 aliphatic heterocycles. The van der Waals surface area contributed by atoms with Crippen LogP contribution >= 0.6 is 0 Å². The summed E-state index contributed by atoms with van der Waals surface area (Å²) >= 11 is 0. The van der Waals surface area contributed by atoms with Gasteiger partial charge in [-0.2, -0.15) is 0 Å². The topological polar surface area (TPSA) is 45.3 Å². The molecule has 26 heavy (non-hydrogen) atoms. The molecular weight excluding hydrogens is 324 g/mol. The lowest BCUT2D eigenvalue weighted by molar-refractivity contribution is 0.0754. The van der Waals surface area contributed by atoms with Crippen LogP contribution in [-0.4, -0.2) is 36.0 Å². The van der Waals surface area contributed by atoms with Crippen molar-refractivity contribution < 1.29 is 9.53 Å². The molecule has 1 aliphatic rings. The van der Waals surface area contributed by atoms with Crippen LogP contribution in [0.5, 0.6) is 5.75 Å². The number of carbonyl (C=O) groups is 1. The number of H-pyrrole nitrogens is 1. The molecule has 3 aromatic rings. The normalized spacial score (nSPS) is 17.9. The summed E-state index contributed by atoms with van der Waals surface area (Å²) in [4.78, 5) is 18.3. The molecule has 2 aromatic carbocycles. The number of ether oxygens (including phenoxy) is 1. The number of hydrogen-bond acceptors (Lipinski definition) is 2. The first-order valence-electron chi connectivity index (χ1n) is 9.25. The Morgan fingerprint density at radius 2 is 1.96 bits per heavy atom.